The Morgan fingerprint density at radius 1 is 1.03 bits per heavy atom. The van der Waals surface area contributed by atoms with E-state index in [1.807, 2.05) is 42.5 Å². The summed E-state index contributed by atoms with van der Waals surface area (Å²) in [4.78, 5) is 18.6. The van der Waals surface area contributed by atoms with Crippen molar-refractivity contribution in [2.24, 2.45) is 0 Å². The zero-order valence-corrected chi connectivity index (χ0v) is 20.3. The molecule has 1 N–H and O–H groups in total. The molecular weight excluding hydrogens is 483 g/mol. The molecule has 0 radical (unpaired) electrons. The Bertz CT molecular complexity index is 1410. The number of terminal acetylenes is 1. The lowest BCUT2D eigenvalue weighted by Crippen LogP contribution is -2.42. The zero-order chi connectivity index (χ0) is 24.4. The van der Waals surface area contributed by atoms with E-state index in [9.17, 15) is 4.79 Å². The second-order valence-corrected chi connectivity index (χ2v) is 9.12. The number of ether oxygens (including phenoxy) is 2. The molecule has 1 aliphatic rings. The van der Waals surface area contributed by atoms with Gasteiger partial charge in [0, 0.05) is 39.6 Å². The van der Waals surface area contributed by atoms with Crippen molar-refractivity contribution in [3.8, 4) is 23.8 Å². The number of carbonyl (C=O) groups is 1. The predicted molar refractivity (Wildman–Crippen MR) is 138 cm³/mol. The maximum atomic E-state index is 13.3. The summed E-state index contributed by atoms with van der Waals surface area (Å²) in [5, 5.41) is 2.32. The number of halogens is 2. The first kappa shape index (κ1) is 23.2. The fourth-order valence-electron chi connectivity index (χ4n) is 4.44. The maximum absolute atomic E-state index is 13.3. The highest BCUT2D eigenvalue weighted by Crippen LogP contribution is 2.40. The van der Waals surface area contributed by atoms with Gasteiger partial charge in [-0.1, -0.05) is 35.3 Å². The Balaban J connectivity index is 1.51. The minimum Gasteiger partial charge on any atom is -0.493 e. The van der Waals surface area contributed by atoms with Gasteiger partial charge in [0.1, 0.15) is 17.5 Å². The first-order valence-corrected chi connectivity index (χ1v) is 12.0. The highest BCUT2D eigenvalue weighted by Gasteiger charge is 2.35. The zero-order valence-electron chi connectivity index (χ0n) is 18.8. The van der Waals surface area contributed by atoms with Crippen molar-refractivity contribution in [3.05, 3.63) is 93.6 Å². The number of amides is 1. The van der Waals surface area contributed by atoms with Gasteiger partial charge in [-0.3, -0.25) is 4.90 Å². The molecule has 7 heteroatoms. The summed E-state index contributed by atoms with van der Waals surface area (Å²) in [6, 6.07) is 19.9. The fraction of sp³-hybridized carbons (Fsp3) is 0.179. The Morgan fingerprint density at radius 3 is 2.49 bits per heavy atom. The fourth-order valence-corrected chi connectivity index (χ4v) is 4.74. The molecule has 0 saturated carbocycles. The molecule has 0 spiro atoms. The van der Waals surface area contributed by atoms with E-state index in [4.69, 9.17) is 39.1 Å². The van der Waals surface area contributed by atoms with Crippen molar-refractivity contribution in [2.45, 2.75) is 18.9 Å². The van der Waals surface area contributed by atoms with Crippen molar-refractivity contribution in [3.63, 3.8) is 0 Å². The quantitative estimate of drug-likeness (QED) is 0.234. The Kier molecular flexibility index (Phi) is 6.59. The van der Waals surface area contributed by atoms with Crippen LogP contribution < -0.4 is 9.47 Å². The average molecular weight is 505 g/mol. The van der Waals surface area contributed by atoms with Crippen LogP contribution in [0.1, 0.15) is 29.3 Å². The minimum atomic E-state index is -0.436. The minimum absolute atomic E-state index is 0.371. The van der Waals surface area contributed by atoms with Crippen LogP contribution >= 0.6 is 23.2 Å². The Labute approximate surface area is 213 Å². The third-order valence-corrected chi connectivity index (χ3v) is 6.54. The normalized spacial score (nSPS) is 14.9. The van der Waals surface area contributed by atoms with E-state index in [0.29, 0.717) is 41.8 Å². The smallest absolute Gasteiger partial charge is 0.416 e. The van der Waals surface area contributed by atoms with Crippen molar-refractivity contribution < 1.29 is 14.3 Å². The number of H-pyrrole nitrogens is 1. The van der Waals surface area contributed by atoms with E-state index >= 15 is 0 Å². The van der Waals surface area contributed by atoms with Gasteiger partial charge in [-0.05, 0) is 72.1 Å². The van der Waals surface area contributed by atoms with Crippen molar-refractivity contribution in [2.75, 3.05) is 13.2 Å². The summed E-state index contributed by atoms with van der Waals surface area (Å²) in [6.45, 7) is 0.940. The molecule has 1 aliphatic heterocycles. The van der Waals surface area contributed by atoms with Crippen LogP contribution in [0, 0.1) is 12.3 Å². The van der Waals surface area contributed by atoms with E-state index in [-0.39, 0.29) is 6.04 Å². The van der Waals surface area contributed by atoms with E-state index in [1.54, 1.807) is 29.2 Å². The molecule has 2 heterocycles. The van der Waals surface area contributed by atoms with Crippen molar-refractivity contribution >= 4 is 40.2 Å². The lowest BCUT2D eigenvalue weighted by atomic mass is 9.92. The van der Waals surface area contributed by atoms with Crippen LogP contribution in [0.2, 0.25) is 10.0 Å². The van der Waals surface area contributed by atoms with Gasteiger partial charge in [0.15, 0.2) is 0 Å². The standard InChI is InChI=1S/C28H22Cl2N2O3/c1-2-3-16-34-21-9-4-18(5-10-21)27-26-23(24-17-20(30)8-13-25(24)31-26)14-15-32(27)28(33)35-22-11-6-19(29)7-12-22/h1,4-13,17,27,31H,3,14-16H2/t27-/m0/s1. The number of rotatable bonds is 5. The number of carbonyl (C=O) groups excluding carboxylic acids is 1. The van der Waals surface area contributed by atoms with Crippen LogP contribution in [0.4, 0.5) is 4.79 Å². The van der Waals surface area contributed by atoms with Gasteiger partial charge in [-0.25, -0.2) is 4.79 Å². The van der Waals surface area contributed by atoms with E-state index in [0.717, 1.165) is 33.5 Å². The number of fused-ring (bicyclic) bond motifs is 3. The summed E-state index contributed by atoms with van der Waals surface area (Å²) < 4.78 is 11.4. The number of nitrogens with zero attached hydrogens (tertiary/aromatic N) is 1. The van der Waals surface area contributed by atoms with E-state index in [2.05, 4.69) is 10.9 Å². The largest absolute Gasteiger partial charge is 0.493 e. The van der Waals surface area contributed by atoms with Crippen LogP contribution in [0.15, 0.2) is 66.7 Å². The average Bonchev–Trinajstić information content (AvgIpc) is 3.23. The summed E-state index contributed by atoms with van der Waals surface area (Å²) in [5.41, 5.74) is 4.01. The van der Waals surface area contributed by atoms with Gasteiger partial charge >= 0.3 is 6.09 Å². The van der Waals surface area contributed by atoms with Gasteiger partial charge in [-0.15, -0.1) is 12.3 Å². The lowest BCUT2D eigenvalue weighted by Gasteiger charge is -2.35. The van der Waals surface area contributed by atoms with Gasteiger partial charge in [-0.2, -0.15) is 0 Å². The van der Waals surface area contributed by atoms with Gasteiger partial charge in [0.05, 0.1) is 6.61 Å². The topological polar surface area (TPSA) is 54.6 Å². The molecule has 0 unspecified atom stereocenters. The number of benzene rings is 3. The molecule has 176 valence electrons. The van der Waals surface area contributed by atoms with Crippen LogP contribution in [-0.4, -0.2) is 29.1 Å². The van der Waals surface area contributed by atoms with E-state index in [1.165, 1.54) is 0 Å². The maximum Gasteiger partial charge on any atom is 0.416 e. The van der Waals surface area contributed by atoms with Crippen LogP contribution in [0.3, 0.4) is 0 Å². The molecule has 1 aromatic heterocycles. The molecule has 0 fully saturated rings. The summed E-state index contributed by atoms with van der Waals surface area (Å²) in [5.74, 6) is 3.72. The number of hydrogen-bond acceptors (Lipinski definition) is 3. The van der Waals surface area contributed by atoms with E-state index < -0.39 is 6.09 Å². The highest BCUT2D eigenvalue weighted by atomic mass is 35.5. The second-order valence-electron chi connectivity index (χ2n) is 8.25. The lowest BCUT2D eigenvalue weighted by molar-refractivity contribution is 0.135. The van der Waals surface area contributed by atoms with Gasteiger partial charge < -0.3 is 14.5 Å². The second kappa shape index (κ2) is 9.95. The van der Waals surface area contributed by atoms with Gasteiger partial charge in [0.25, 0.3) is 0 Å². The first-order valence-electron chi connectivity index (χ1n) is 11.2. The molecule has 0 bridgehead atoms. The molecule has 0 saturated heterocycles. The molecule has 1 atom stereocenters. The summed E-state index contributed by atoms with van der Waals surface area (Å²) in [6.07, 6.45) is 6.09. The molecule has 5 rings (SSSR count). The molecule has 0 aliphatic carbocycles. The molecule has 3 aromatic carbocycles. The molecule has 35 heavy (non-hydrogen) atoms. The number of nitrogens with one attached hydrogen (secondary N) is 1. The molecule has 4 aromatic rings. The Morgan fingerprint density at radius 2 is 1.74 bits per heavy atom. The summed E-state index contributed by atoms with van der Waals surface area (Å²) >= 11 is 12.3. The molecule has 1 amide bonds. The number of aromatic amines is 1. The molecule has 5 nitrogen and oxygen atoms in total. The molecular formula is C28H22Cl2N2O3. The van der Waals surface area contributed by atoms with Gasteiger partial charge in [0.2, 0.25) is 0 Å². The first-order chi connectivity index (χ1) is 17.0. The third kappa shape index (κ3) is 4.81. The summed E-state index contributed by atoms with van der Waals surface area (Å²) in [7, 11) is 0. The third-order valence-electron chi connectivity index (χ3n) is 6.05. The van der Waals surface area contributed by atoms with Crippen LogP contribution in [0.25, 0.3) is 10.9 Å². The van der Waals surface area contributed by atoms with Crippen LogP contribution in [-0.2, 0) is 6.42 Å². The monoisotopic (exact) mass is 504 g/mol. The number of aromatic nitrogens is 1. The van der Waals surface area contributed by atoms with Crippen molar-refractivity contribution in [1.29, 1.82) is 0 Å². The van der Waals surface area contributed by atoms with Crippen LogP contribution in [0.5, 0.6) is 11.5 Å². The SMILES string of the molecule is C#CCCOc1ccc([C@H]2c3[nH]c4ccc(Cl)cc4c3CCN2C(=O)Oc2ccc(Cl)cc2)cc1. The van der Waals surface area contributed by atoms with Crippen molar-refractivity contribution in [1.82, 2.24) is 9.88 Å². The highest BCUT2D eigenvalue weighted by molar-refractivity contribution is 6.31. The number of hydrogen-bond donors (Lipinski definition) is 1. The predicted octanol–water partition coefficient (Wildman–Crippen LogP) is 7.02. The Hall–Kier alpha value is -3.59.